The fourth-order valence-electron chi connectivity index (χ4n) is 1.28. The fourth-order valence-corrected chi connectivity index (χ4v) is 1.28. The molecule has 1 heterocycles. The summed E-state index contributed by atoms with van der Waals surface area (Å²) in [5.41, 5.74) is 0. The summed E-state index contributed by atoms with van der Waals surface area (Å²) in [7, 11) is 0. The number of ether oxygens (including phenoxy) is 1. The fraction of sp³-hybridized carbons (Fsp3) is 0.778. The van der Waals surface area contributed by atoms with Crippen LogP contribution >= 0.6 is 0 Å². The molecule has 70 valence electrons. The van der Waals surface area contributed by atoms with E-state index in [0.29, 0.717) is 6.61 Å². The Morgan fingerprint density at radius 2 is 2.50 bits per heavy atom. The summed E-state index contributed by atoms with van der Waals surface area (Å²) < 4.78 is 5.20. The van der Waals surface area contributed by atoms with Gasteiger partial charge in [0.1, 0.15) is 0 Å². The largest absolute Gasteiger partial charge is 0.389 e. The molecule has 1 N–H and O–H groups in total. The van der Waals surface area contributed by atoms with Gasteiger partial charge < -0.3 is 9.84 Å². The van der Waals surface area contributed by atoms with Crippen LogP contribution in [-0.2, 0) is 4.74 Å². The first-order valence-electron chi connectivity index (χ1n) is 4.42. The highest BCUT2D eigenvalue weighted by Gasteiger charge is 2.14. The van der Waals surface area contributed by atoms with Crippen LogP contribution in [0.3, 0.4) is 0 Å². The molecule has 1 saturated heterocycles. The summed E-state index contributed by atoms with van der Waals surface area (Å²) in [4.78, 5) is 2.19. The maximum atomic E-state index is 9.37. The number of hydrogen-bond donors (Lipinski definition) is 1. The third-order valence-corrected chi connectivity index (χ3v) is 1.93. The van der Waals surface area contributed by atoms with E-state index in [9.17, 15) is 5.11 Å². The average Bonchev–Trinajstić information content (AvgIpc) is 2.26. The van der Waals surface area contributed by atoms with Gasteiger partial charge in [0.15, 0.2) is 0 Å². The van der Waals surface area contributed by atoms with Crippen LogP contribution < -0.4 is 0 Å². The number of aliphatic hydroxyl groups is 1. The van der Waals surface area contributed by atoms with Gasteiger partial charge in [-0.25, -0.2) is 0 Å². The Kier molecular flexibility index (Phi) is 4.29. The minimum absolute atomic E-state index is 0.322. The van der Waals surface area contributed by atoms with Gasteiger partial charge in [0, 0.05) is 19.6 Å². The molecule has 0 aromatic rings. The lowest BCUT2D eigenvalue weighted by atomic mass is 10.3. The predicted molar refractivity (Wildman–Crippen MR) is 48.1 cm³/mol. The molecule has 0 aromatic carbocycles. The Morgan fingerprint density at radius 1 is 1.67 bits per heavy atom. The lowest BCUT2D eigenvalue weighted by Gasteiger charge is -2.18. The second-order valence-corrected chi connectivity index (χ2v) is 3.06. The third kappa shape index (κ3) is 3.34. The average molecular weight is 171 g/mol. The van der Waals surface area contributed by atoms with Crippen molar-refractivity contribution in [2.75, 3.05) is 32.8 Å². The van der Waals surface area contributed by atoms with Crippen molar-refractivity contribution in [2.24, 2.45) is 0 Å². The molecular formula is C9H17NO2. The van der Waals surface area contributed by atoms with Crippen molar-refractivity contribution < 1.29 is 9.84 Å². The first kappa shape index (κ1) is 9.71. The summed E-state index contributed by atoms with van der Waals surface area (Å²) in [6.45, 7) is 5.77. The van der Waals surface area contributed by atoms with E-state index in [1.54, 1.807) is 0 Å². The second kappa shape index (κ2) is 5.30. The van der Waals surface area contributed by atoms with E-state index in [1.807, 2.05) is 13.0 Å². The molecular weight excluding hydrogens is 154 g/mol. The smallest absolute Gasteiger partial charge is 0.0900 e. The lowest BCUT2D eigenvalue weighted by molar-refractivity contribution is 0.0568. The van der Waals surface area contributed by atoms with Gasteiger partial charge in [0.2, 0.25) is 0 Å². The molecule has 0 amide bonds. The standard InChI is InChI=1S/C9H17NO2/c1-2-3-4-10-5-6-12-8-9(11)7-10/h2-3,9,11H,4-8H2,1H3/b3-2+. The molecule has 3 heteroatoms. The molecule has 0 aromatic heterocycles. The van der Waals surface area contributed by atoms with Gasteiger partial charge in [-0.05, 0) is 6.92 Å². The summed E-state index contributed by atoms with van der Waals surface area (Å²) in [5.74, 6) is 0. The number of rotatable bonds is 2. The summed E-state index contributed by atoms with van der Waals surface area (Å²) >= 11 is 0. The Bertz CT molecular complexity index is 147. The highest BCUT2D eigenvalue weighted by Crippen LogP contribution is 1.99. The molecule has 0 saturated carbocycles. The molecule has 1 atom stereocenters. The first-order chi connectivity index (χ1) is 5.83. The van der Waals surface area contributed by atoms with Gasteiger partial charge in [-0.3, -0.25) is 4.90 Å². The summed E-state index contributed by atoms with van der Waals surface area (Å²) in [5, 5.41) is 9.37. The van der Waals surface area contributed by atoms with Crippen LogP contribution in [0.2, 0.25) is 0 Å². The Labute approximate surface area is 73.6 Å². The van der Waals surface area contributed by atoms with Crippen molar-refractivity contribution in [3.8, 4) is 0 Å². The van der Waals surface area contributed by atoms with E-state index in [-0.39, 0.29) is 6.10 Å². The molecule has 1 aliphatic rings. The molecule has 0 aliphatic carbocycles. The van der Waals surface area contributed by atoms with Gasteiger partial charge in [-0.2, -0.15) is 0 Å². The van der Waals surface area contributed by atoms with Gasteiger partial charge in [0.05, 0.1) is 19.3 Å². The van der Waals surface area contributed by atoms with Crippen molar-refractivity contribution in [2.45, 2.75) is 13.0 Å². The number of hydrogen-bond acceptors (Lipinski definition) is 3. The highest BCUT2D eigenvalue weighted by molar-refractivity contribution is 4.82. The zero-order chi connectivity index (χ0) is 8.81. The van der Waals surface area contributed by atoms with Crippen LogP contribution in [0.25, 0.3) is 0 Å². The number of β-amino-alcohol motifs (C(OH)–C–C–N with tert-alkyl or cyclic N) is 1. The van der Waals surface area contributed by atoms with Crippen molar-refractivity contribution in [1.82, 2.24) is 4.90 Å². The molecule has 0 radical (unpaired) electrons. The van der Waals surface area contributed by atoms with E-state index >= 15 is 0 Å². The summed E-state index contributed by atoms with van der Waals surface area (Å²) in [6.07, 6.45) is 3.80. The first-order valence-corrected chi connectivity index (χ1v) is 4.42. The molecule has 0 bridgehead atoms. The minimum atomic E-state index is -0.322. The third-order valence-electron chi connectivity index (χ3n) is 1.93. The molecule has 12 heavy (non-hydrogen) atoms. The topological polar surface area (TPSA) is 32.7 Å². The van der Waals surface area contributed by atoms with Crippen molar-refractivity contribution in [3.63, 3.8) is 0 Å². The number of allylic oxidation sites excluding steroid dienone is 1. The van der Waals surface area contributed by atoms with Crippen LogP contribution in [0.15, 0.2) is 12.2 Å². The van der Waals surface area contributed by atoms with E-state index < -0.39 is 0 Å². The SMILES string of the molecule is C/C=C/CN1CCOCC(O)C1. The van der Waals surface area contributed by atoms with E-state index in [0.717, 1.165) is 26.2 Å². The van der Waals surface area contributed by atoms with Crippen LogP contribution in [0.5, 0.6) is 0 Å². The monoisotopic (exact) mass is 171 g/mol. The van der Waals surface area contributed by atoms with Crippen LogP contribution in [0.4, 0.5) is 0 Å². The molecule has 0 spiro atoms. The molecule has 1 rings (SSSR count). The summed E-state index contributed by atoms with van der Waals surface area (Å²) in [6, 6.07) is 0. The van der Waals surface area contributed by atoms with Crippen molar-refractivity contribution in [3.05, 3.63) is 12.2 Å². The number of aliphatic hydroxyl groups excluding tert-OH is 1. The van der Waals surface area contributed by atoms with Gasteiger partial charge in [0.25, 0.3) is 0 Å². The maximum Gasteiger partial charge on any atom is 0.0900 e. The predicted octanol–water partition coefficient (Wildman–Crippen LogP) is 0.256. The molecule has 3 nitrogen and oxygen atoms in total. The highest BCUT2D eigenvalue weighted by atomic mass is 16.5. The zero-order valence-corrected chi connectivity index (χ0v) is 7.57. The Morgan fingerprint density at radius 3 is 3.25 bits per heavy atom. The van der Waals surface area contributed by atoms with E-state index in [1.165, 1.54) is 0 Å². The lowest BCUT2D eigenvalue weighted by Crippen LogP contribution is -2.32. The quantitative estimate of drug-likeness (QED) is 0.605. The van der Waals surface area contributed by atoms with E-state index in [2.05, 4.69) is 11.0 Å². The van der Waals surface area contributed by atoms with Crippen LogP contribution in [0, 0.1) is 0 Å². The minimum Gasteiger partial charge on any atom is -0.389 e. The maximum absolute atomic E-state index is 9.37. The second-order valence-electron chi connectivity index (χ2n) is 3.06. The molecule has 1 unspecified atom stereocenters. The van der Waals surface area contributed by atoms with E-state index in [4.69, 9.17) is 4.74 Å². The van der Waals surface area contributed by atoms with Crippen molar-refractivity contribution >= 4 is 0 Å². The van der Waals surface area contributed by atoms with Gasteiger partial charge in [-0.15, -0.1) is 0 Å². The zero-order valence-electron chi connectivity index (χ0n) is 7.57. The van der Waals surface area contributed by atoms with Crippen LogP contribution in [0.1, 0.15) is 6.92 Å². The van der Waals surface area contributed by atoms with Crippen molar-refractivity contribution in [1.29, 1.82) is 0 Å². The molecule has 1 aliphatic heterocycles. The Hall–Kier alpha value is -0.380. The normalized spacial score (nSPS) is 27.7. The van der Waals surface area contributed by atoms with Gasteiger partial charge in [-0.1, -0.05) is 12.2 Å². The number of nitrogens with zero attached hydrogens (tertiary/aromatic N) is 1. The molecule has 1 fully saturated rings. The van der Waals surface area contributed by atoms with Gasteiger partial charge >= 0.3 is 0 Å². The van der Waals surface area contributed by atoms with Crippen LogP contribution in [-0.4, -0.2) is 49.0 Å². The Balaban J connectivity index is 2.30.